The molecule has 0 unspecified atom stereocenters. The normalized spacial score (nSPS) is 15.1. The summed E-state index contributed by atoms with van der Waals surface area (Å²) in [5.74, 6) is -0.461. The number of carbonyl (C=O) groups excluding carboxylic acids is 1. The molecule has 0 atom stereocenters. The zero-order valence-electron chi connectivity index (χ0n) is 17.7. The molecule has 31 heavy (non-hydrogen) atoms. The fraction of sp³-hybridized carbons (Fsp3) is 0.455. The van der Waals surface area contributed by atoms with Gasteiger partial charge in [0, 0.05) is 37.1 Å². The Balaban J connectivity index is 1.32. The van der Waals surface area contributed by atoms with E-state index in [1.165, 1.54) is 12.1 Å². The number of halogens is 2. The number of aromatic amines is 1. The summed E-state index contributed by atoms with van der Waals surface area (Å²) in [6.07, 6.45) is 4.08. The molecule has 0 spiro atoms. The number of piperidine rings is 1. The first kappa shape index (κ1) is 21.1. The second-order valence-electron chi connectivity index (χ2n) is 8.44. The van der Waals surface area contributed by atoms with Crippen LogP contribution in [-0.2, 0) is 17.6 Å². The van der Waals surface area contributed by atoms with E-state index in [4.69, 9.17) is 0 Å². The first-order chi connectivity index (χ1) is 14.9. The smallest absolute Gasteiger partial charge is 0.227 e. The molecule has 3 aromatic rings. The molecule has 9 heteroatoms. The third kappa shape index (κ3) is 4.98. The van der Waals surface area contributed by atoms with Gasteiger partial charge in [-0.2, -0.15) is 10.1 Å². The zero-order chi connectivity index (χ0) is 22.0. The van der Waals surface area contributed by atoms with Crippen molar-refractivity contribution >= 4 is 22.9 Å². The molecule has 2 aromatic heterocycles. The zero-order valence-corrected chi connectivity index (χ0v) is 17.7. The minimum atomic E-state index is -0.688. The van der Waals surface area contributed by atoms with Crippen LogP contribution < -0.4 is 5.32 Å². The van der Waals surface area contributed by atoms with Crippen molar-refractivity contribution in [1.82, 2.24) is 25.1 Å². The Morgan fingerprint density at radius 3 is 2.77 bits per heavy atom. The van der Waals surface area contributed by atoms with Crippen LogP contribution in [0, 0.1) is 17.6 Å². The summed E-state index contributed by atoms with van der Waals surface area (Å²) in [7, 11) is 0. The topological polar surface area (TPSA) is 86.8 Å². The molecule has 3 heterocycles. The SMILES string of the molecule is CC(C)Cc1[nH]nc2nc(NC3CCN(C(=O)Cc4ccc(F)cc4F)CC3)ncc12. The number of hydrogen-bond acceptors (Lipinski definition) is 5. The fourth-order valence-corrected chi connectivity index (χ4v) is 3.88. The van der Waals surface area contributed by atoms with Crippen LogP contribution in [-0.4, -0.2) is 50.1 Å². The highest BCUT2D eigenvalue weighted by atomic mass is 19.1. The molecule has 1 amide bonds. The Morgan fingerprint density at radius 1 is 1.29 bits per heavy atom. The largest absolute Gasteiger partial charge is 0.351 e. The number of fused-ring (bicyclic) bond motifs is 1. The van der Waals surface area contributed by atoms with Crippen LogP contribution in [0.4, 0.5) is 14.7 Å². The summed E-state index contributed by atoms with van der Waals surface area (Å²) in [5, 5.41) is 11.6. The van der Waals surface area contributed by atoms with Gasteiger partial charge < -0.3 is 10.2 Å². The Hall–Kier alpha value is -3.10. The van der Waals surface area contributed by atoms with Gasteiger partial charge in [-0.05, 0) is 36.8 Å². The van der Waals surface area contributed by atoms with Gasteiger partial charge in [-0.25, -0.2) is 13.8 Å². The number of benzene rings is 1. The summed E-state index contributed by atoms with van der Waals surface area (Å²) >= 11 is 0. The molecule has 1 aromatic carbocycles. The lowest BCUT2D eigenvalue weighted by Gasteiger charge is -2.32. The maximum Gasteiger partial charge on any atom is 0.227 e. The van der Waals surface area contributed by atoms with Gasteiger partial charge in [-0.1, -0.05) is 19.9 Å². The summed E-state index contributed by atoms with van der Waals surface area (Å²) in [4.78, 5) is 23.2. The van der Waals surface area contributed by atoms with Gasteiger partial charge in [-0.3, -0.25) is 9.89 Å². The van der Waals surface area contributed by atoms with E-state index < -0.39 is 11.6 Å². The van der Waals surface area contributed by atoms with Crippen molar-refractivity contribution in [2.75, 3.05) is 18.4 Å². The van der Waals surface area contributed by atoms with E-state index in [0.717, 1.165) is 36.4 Å². The van der Waals surface area contributed by atoms with Crippen molar-refractivity contribution in [2.45, 2.75) is 45.6 Å². The fourth-order valence-electron chi connectivity index (χ4n) is 3.88. The van der Waals surface area contributed by atoms with E-state index in [2.05, 4.69) is 39.3 Å². The predicted octanol–water partition coefficient (Wildman–Crippen LogP) is 3.48. The molecule has 2 N–H and O–H groups in total. The van der Waals surface area contributed by atoms with Crippen LogP contribution in [0.1, 0.15) is 37.9 Å². The van der Waals surface area contributed by atoms with Gasteiger partial charge in [0.15, 0.2) is 5.65 Å². The standard InChI is InChI=1S/C22H26F2N6O/c1-13(2)9-19-17-12-25-22(27-21(17)29-28-19)26-16-5-7-30(8-6-16)20(31)10-14-3-4-15(23)11-18(14)24/h3-4,11-13,16H,5-10H2,1-2H3,(H2,25,26,27,28,29). The Labute approximate surface area is 179 Å². The molecule has 7 nitrogen and oxygen atoms in total. The third-order valence-electron chi connectivity index (χ3n) is 5.54. The Morgan fingerprint density at radius 2 is 2.06 bits per heavy atom. The highest BCUT2D eigenvalue weighted by Crippen LogP contribution is 2.20. The minimum absolute atomic E-state index is 0.0676. The van der Waals surface area contributed by atoms with Crippen molar-refractivity contribution in [3.63, 3.8) is 0 Å². The van der Waals surface area contributed by atoms with E-state index in [0.29, 0.717) is 30.6 Å². The number of likely N-dealkylation sites (tertiary alicyclic amines) is 1. The van der Waals surface area contributed by atoms with Crippen molar-refractivity contribution in [3.8, 4) is 0 Å². The molecule has 1 saturated heterocycles. The van der Waals surface area contributed by atoms with E-state index in [-0.39, 0.29) is 23.9 Å². The second kappa shape index (κ2) is 8.95. The highest BCUT2D eigenvalue weighted by molar-refractivity contribution is 5.79. The van der Waals surface area contributed by atoms with Crippen LogP contribution in [0.3, 0.4) is 0 Å². The molecule has 0 aliphatic carbocycles. The van der Waals surface area contributed by atoms with Crippen molar-refractivity contribution in [1.29, 1.82) is 0 Å². The van der Waals surface area contributed by atoms with Crippen molar-refractivity contribution < 1.29 is 13.6 Å². The molecule has 0 saturated carbocycles. The maximum absolute atomic E-state index is 13.8. The molecule has 1 aliphatic rings. The predicted molar refractivity (Wildman–Crippen MR) is 114 cm³/mol. The molecular weight excluding hydrogens is 402 g/mol. The lowest BCUT2D eigenvalue weighted by atomic mass is 10.0. The van der Waals surface area contributed by atoms with E-state index in [9.17, 15) is 13.6 Å². The first-order valence-electron chi connectivity index (χ1n) is 10.6. The summed E-state index contributed by atoms with van der Waals surface area (Å²) < 4.78 is 26.9. The van der Waals surface area contributed by atoms with E-state index in [1.807, 2.05) is 0 Å². The maximum atomic E-state index is 13.8. The molecular formula is C22H26F2N6O. The van der Waals surface area contributed by atoms with E-state index >= 15 is 0 Å². The monoisotopic (exact) mass is 428 g/mol. The minimum Gasteiger partial charge on any atom is -0.351 e. The second-order valence-corrected chi connectivity index (χ2v) is 8.44. The number of amides is 1. The Kier molecular flexibility index (Phi) is 6.11. The van der Waals surface area contributed by atoms with Crippen molar-refractivity contribution in [3.05, 3.63) is 47.3 Å². The average molecular weight is 428 g/mol. The molecule has 0 radical (unpaired) electrons. The van der Waals surface area contributed by atoms with Gasteiger partial charge in [0.25, 0.3) is 0 Å². The Bertz CT molecular complexity index is 1080. The van der Waals surface area contributed by atoms with Crippen molar-refractivity contribution in [2.24, 2.45) is 5.92 Å². The summed E-state index contributed by atoms with van der Waals surface area (Å²) in [5.41, 5.74) is 1.90. The van der Waals surface area contributed by atoms with Crippen LogP contribution in [0.5, 0.6) is 0 Å². The molecule has 164 valence electrons. The molecule has 1 aliphatic heterocycles. The molecule has 4 rings (SSSR count). The van der Waals surface area contributed by atoms with Gasteiger partial charge in [-0.15, -0.1) is 0 Å². The number of aromatic nitrogens is 4. The number of nitrogens with one attached hydrogen (secondary N) is 2. The summed E-state index contributed by atoms with van der Waals surface area (Å²) in [6.45, 7) is 5.42. The molecule has 1 fully saturated rings. The van der Waals surface area contributed by atoms with Gasteiger partial charge >= 0.3 is 0 Å². The quantitative estimate of drug-likeness (QED) is 0.628. The number of carbonyl (C=O) groups is 1. The molecule has 0 bridgehead atoms. The number of hydrogen-bond donors (Lipinski definition) is 2. The van der Waals surface area contributed by atoms with Crippen LogP contribution in [0.2, 0.25) is 0 Å². The first-order valence-corrected chi connectivity index (χ1v) is 10.6. The van der Waals surface area contributed by atoms with Gasteiger partial charge in [0.05, 0.1) is 11.8 Å². The van der Waals surface area contributed by atoms with Crippen LogP contribution in [0.25, 0.3) is 11.0 Å². The number of H-pyrrole nitrogens is 1. The number of anilines is 1. The van der Waals surface area contributed by atoms with E-state index in [1.54, 1.807) is 11.1 Å². The summed E-state index contributed by atoms with van der Waals surface area (Å²) in [6, 6.07) is 3.44. The van der Waals surface area contributed by atoms with Crippen LogP contribution >= 0.6 is 0 Å². The average Bonchev–Trinajstić information content (AvgIpc) is 3.12. The lowest BCUT2D eigenvalue weighted by Crippen LogP contribution is -2.43. The third-order valence-corrected chi connectivity index (χ3v) is 5.54. The number of nitrogens with zero attached hydrogens (tertiary/aromatic N) is 4. The van der Waals surface area contributed by atoms with Crippen LogP contribution in [0.15, 0.2) is 24.4 Å². The van der Waals surface area contributed by atoms with Gasteiger partial charge in [0.1, 0.15) is 11.6 Å². The lowest BCUT2D eigenvalue weighted by molar-refractivity contribution is -0.131. The van der Waals surface area contributed by atoms with Gasteiger partial charge in [0.2, 0.25) is 11.9 Å². The number of rotatable bonds is 6. The highest BCUT2D eigenvalue weighted by Gasteiger charge is 2.24.